The van der Waals surface area contributed by atoms with Gasteiger partial charge in [0.05, 0.1) is 18.7 Å². The molecule has 1 aromatic heterocycles. The molecule has 1 aliphatic carbocycles. The Balaban J connectivity index is 2.23. The highest BCUT2D eigenvalue weighted by atomic mass is 35.5. The van der Waals surface area contributed by atoms with Crippen LogP contribution < -0.4 is 9.64 Å². The smallest absolute Gasteiger partial charge is 0.318 e. The Labute approximate surface area is 117 Å². The summed E-state index contributed by atoms with van der Waals surface area (Å²) in [7, 11) is 3.51. The maximum Gasteiger partial charge on any atom is 0.318 e. The molecule has 0 amide bonds. The van der Waals surface area contributed by atoms with Crippen LogP contribution in [-0.4, -0.2) is 35.5 Å². The first kappa shape index (κ1) is 13.7. The number of halogens is 2. The van der Waals surface area contributed by atoms with Gasteiger partial charge in [-0.05, 0) is 12.8 Å². The molecule has 0 N–H and O–H groups in total. The number of hydrogen-bond acceptors (Lipinski definition) is 4. The van der Waals surface area contributed by atoms with E-state index in [0.29, 0.717) is 16.9 Å². The van der Waals surface area contributed by atoms with E-state index in [1.165, 1.54) is 20.0 Å². The van der Waals surface area contributed by atoms with Crippen molar-refractivity contribution >= 4 is 29.0 Å². The summed E-state index contributed by atoms with van der Waals surface area (Å²) >= 11 is 12.5. The third-order valence-corrected chi connectivity index (χ3v) is 4.14. The van der Waals surface area contributed by atoms with E-state index in [4.69, 9.17) is 27.9 Å². The summed E-state index contributed by atoms with van der Waals surface area (Å²) in [5.74, 6) is 0.682. The fraction of sp³-hybridized carbons (Fsp3) is 0.667. The molecule has 0 bridgehead atoms. The molecule has 1 fully saturated rings. The van der Waals surface area contributed by atoms with Gasteiger partial charge in [-0.1, -0.05) is 24.4 Å². The van der Waals surface area contributed by atoms with E-state index in [1.54, 1.807) is 6.20 Å². The Morgan fingerprint density at radius 1 is 1.39 bits per heavy atom. The van der Waals surface area contributed by atoms with Crippen LogP contribution in [-0.2, 0) is 0 Å². The van der Waals surface area contributed by atoms with Crippen LogP contribution in [0.1, 0.15) is 25.7 Å². The lowest BCUT2D eigenvalue weighted by Gasteiger charge is -2.35. The maximum atomic E-state index is 6.39. The summed E-state index contributed by atoms with van der Waals surface area (Å²) in [6.07, 6.45) is 6.05. The lowest BCUT2D eigenvalue weighted by atomic mass is 9.94. The van der Waals surface area contributed by atoms with Crippen molar-refractivity contribution in [2.24, 2.45) is 0 Å². The molecule has 2 rings (SSSR count). The van der Waals surface area contributed by atoms with Gasteiger partial charge in [0.2, 0.25) is 0 Å². The van der Waals surface area contributed by atoms with Crippen molar-refractivity contribution in [2.75, 3.05) is 19.1 Å². The molecule has 0 saturated heterocycles. The molecule has 0 radical (unpaired) electrons. The summed E-state index contributed by atoms with van der Waals surface area (Å²) in [5, 5.41) is 0.661. The zero-order chi connectivity index (χ0) is 13.1. The van der Waals surface area contributed by atoms with Crippen LogP contribution in [0.4, 0.5) is 5.82 Å². The van der Waals surface area contributed by atoms with Gasteiger partial charge in [-0.2, -0.15) is 4.98 Å². The van der Waals surface area contributed by atoms with Crippen molar-refractivity contribution in [3.63, 3.8) is 0 Å². The number of anilines is 1. The SMILES string of the molecule is COc1ncc(Cl)c(N(C)C2CCCCC2Cl)n1. The highest BCUT2D eigenvalue weighted by molar-refractivity contribution is 6.32. The van der Waals surface area contributed by atoms with E-state index < -0.39 is 0 Å². The second-order valence-electron chi connectivity index (χ2n) is 4.51. The number of hydrogen-bond donors (Lipinski definition) is 0. The van der Waals surface area contributed by atoms with E-state index >= 15 is 0 Å². The fourth-order valence-corrected chi connectivity index (χ4v) is 3.02. The quantitative estimate of drug-likeness (QED) is 0.802. The molecule has 4 nitrogen and oxygen atoms in total. The molecule has 1 aliphatic rings. The molecule has 0 aliphatic heterocycles. The summed E-state index contributed by atoms with van der Waals surface area (Å²) in [5.41, 5.74) is 0. The van der Waals surface area contributed by atoms with E-state index in [1.807, 2.05) is 11.9 Å². The topological polar surface area (TPSA) is 38.2 Å². The molecule has 100 valence electrons. The van der Waals surface area contributed by atoms with Gasteiger partial charge in [-0.3, -0.25) is 0 Å². The molecule has 1 heterocycles. The normalized spacial score (nSPS) is 23.8. The largest absolute Gasteiger partial charge is 0.467 e. The van der Waals surface area contributed by atoms with Gasteiger partial charge in [0.25, 0.3) is 0 Å². The molecular formula is C12H17Cl2N3O. The number of rotatable bonds is 3. The minimum absolute atomic E-state index is 0.140. The average molecular weight is 290 g/mol. The van der Waals surface area contributed by atoms with Gasteiger partial charge in [0, 0.05) is 13.1 Å². The van der Waals surface area contributed by atoms with Crippen LogP contribution in [0.25, 0.3) is 0 Å². The Hall–Kier alpha value is -0.740. The van der Waals surface area contributed by atoms with Crippen molar-refractivity contribution in [1.82, 2.24) is 9.97 Å². The molecular weight excluding hydrogens is 273 g/mol. The number of nitrogens with zero attached hydrogens (tertiary/aromatic N) is 3. The number of methoxy groups -OCH3 is 1. The van der Waals surface area contributed by atoms with Crippen molar-refractivity contribution in [3.05, 3.63) is 11.2 Å². The molecule has 1 aromatic rings. The first-order chi connectivity index (χ1) is 8.63. The Kier molecular flexibility index (Phi) is 4.51. The Morgan fingerprint density at radius 2 is 2.11 bits per heavy atom. The molecule has 2 unspecified atom stereocenters. The second-order valence-corrected chi connectivity index (χ2v) is 5.47. The van der Waals surface area contributed by atoms with Crippen LogP contribution in [0.3, 0.4) is 0 Å². The predicted octanol–water partition coefficient (Wildman–Crippen LogP) is 3.12. The second kappa shape index (κ2) is 5.93. The molecule has 0 aromatic carbocycles. The van der Waals surface area contributed by atoms with Crippen molar-refractivity contribution in [3.8, 4) is 6.01 Å². The zero-order valence-corrected chi connectivity index (χ0v) is 12.1. The van der Waals surface area contributed by atoms with Crippen LogP contribution in [0.2, 0.25) is 5.02 Å². The summed E-state index contributed by atoms with van der Waals surface area (Å²) < 4.78 is 5.03. The first-order valence-electron chi connectivity index (χ1n) is 6.07. The van der Waals surface area contributed by atoms with Crippen LogP contribution in [0, 0.1) is 0 Å². The summed E-state index contributed by atoms with van der Waals surface area (Å²) in [6, 6.07) is 0.584. The molecule has 0 spiro atoms. The number of aromatic nitrogens is 2. The standard InChI is InChI=1S/C12H17Cl2N3O/c1-17(10-6-4-3-5-8(10)13)11-9(14)7-15-12(16-11)18-2/h7-8,10H,3-6H2,1-2H3. The highest BCUT2D eigenvalue weighted by Gasteiger charge is 2.28. The third-order valence-electron chi connectivity index (χ3n) is 3.36. The van der Waals surface area contributed by atoms with Gasteiger partial charge in [-0.25, -0.2) is 4.98 Å². The Morgan fingerprint density at radius 3 is 2.78 bits per heavy atom. The third kappa shape index (κ3) is 2.81. The van der Waals surface area contributed by atoms with Crippen LogP contribution in [0.5, 0.6) is 6.01 Å². The van der Waals surface area contributed by atoms with E-state index in [-0.39, 0.29) is 11.4 Å². The van der Waals surface area contributed by atoms with E-state index in [9.17, 15) is 0 Å². The molecule has 2 atom stereocenters. The number of ether oxygens (including phenoxy) is 1. The minimum Gasteiger partial charge on any atom is -0.467 e. The van der Waals surface area contributed by atoms with E-state index in [2.05, 4.69) is 9.97 Å². The lowest BCUT2D eigenvalue weighted by Crippen LogP contribution is -2.41. The van der Waals surface area contributed by atoms with Crippen LogP contribution >= 0.6 is 23.2 Å². The fourth-order valence-electron chi connectivity index (χ4n) is 2.35. The van der Waals surface area contributed by atoms with Gasteiger partial charge in [0.15, 0.2) is 5.82 Å². The van der Waals surface area contributed by atoms with Gasteiger partial charge < -0.3 is 9.64 Å². The van der Waals surface area contributed by atoms with Crippen LogP contribution in [0.15, 0.2) is 6.20 Å². The molecule has 6 heteroatoms. The molecule has 1 saturated carbocycles. The van der Waals surface area contributed by atoms with Crippen molar-refractivity contribution in [2.45, 2.75) is 37.1 Å². The minimum atomic E-state index is 0.140. The first-order valence-corrected chi connectivity index (χ1v) is 6.88. The van der Waals surface area contributed by atoms with Gasteiger partial charge in [-0.15, -0.1) is 11.6 Å². The van der Waals surface area contributed by atoms with Gasteiger partial charge in [0.1, 0.15) is 5.02 Å². The zero-order valence-electron chi connectivity index (χ0n) is 10.6. The summed E-state index contributed by atoms with van der Waals surface area (Å²) in [4.78, 5) is 10.3. The highest BCUT2D eigenvalue weighted by Crippen LogP contribution is 2.32. The average Bonchev–Trinajstić information content (AvgIpc) is 2.39. The monoisotopic (exact) mass is 289 g/mol. The van der Waals surface area contributed by atoms with E-state index in [0.717, 1.165) is 12.8 Å². The number of alkyl halides is 1. The van der Waals surface area contributed by atoms with Crippen molar-refractivity contribution < 1.29 is 4.74 Å². The predicted molar refractivity (Wildman–Crippen MR) is 73.9 cm³/mol. The molecule has 18 heavy (non-hydrogen) atoms. The maximum absolute atomic E-state index is 6.39. The Bertz CT molecular complexity index is 416. The lowest BCUT2D eigenvalue weighted by molar-refractivity contribution is 0.378. The van der Waals surface area contributed by atoms with Gasteiger partial charge >= 0.3 is 6.01 Å². The summed E-state index contributed by atoms with van der Waals surface area (Å²) in [6.45, 7) is 0. The van der Waals surface area contributed by atoms with Crippen molar-refractivity contribution in [1.29, 1.82) is 0 Å².